The first-order valence-electron chi connectivity index (χ1n) is 4.99. The average Bonchev–Trinajstić information content (AvgIpc) is 2.35. The molecule has 2 aromatic rings. The van der Waals surface area contributed by atoms with E-state index in [2.05, 4.69) is 26.2 Å². The molecule has 8 heteroatoms. The van der Waals surface area contributed by atoms with Gasteiger partial charge in [0.15, 0.2) is 0 Å². The van der Waals surface area contributed by atoms with Crippen molar-refractivity contribution in [1.82, 2.24) is 4.98 Å². The molecule has 1 N–H and O–H groups in total. The van der Waals surface area contributed by atoms with Gasteiger partial charge in [-0.1, -0.05) is 11.6 Å². The number of nitrogens with zero attached hydrogens (tertiary/aromatic N) is 2. The molecule has 19 heavy (non-hydrogen) atoms. The van der Waals surface area contributed by atoms with Crippen LogP contribution in [0.4, 0.5) is 21.6 Å². The lowest BCUT2D eigenvalue weighted by Gasteiger charge is -2.07. The molecule has 0 bridgehead atoms. The summed E-state index contributed by atoms with van der Waals surface area (Å²) in [5.41, 5.74) is -0.251. The number of pyridine rings is 1. The van der Waals surface area contributed by atoms with Gasteiger partial charge in [0.25, 0.3) is 0 Å². The maximum Gasteiger partial charge on any atom is 0.312 e. The zero-order valence-electron chi connectivity index (χ0n) is 9.23. The second-order valence-corrected chi connectivity index (χ2v) is 4.88. The number of aromatic nitrogens is 1. The number of hydrogen-bond acceptors (Lipinski definition) is 4. The highest BCUT2D eigenvalue weighted by atomic mass is 79.9. The average molecular weight is 347 g/mol. The van der Waals surface area contributed by atoms with Gasteiger partial charge in [0.05, 0.1) is 10.6 Å². The molecule has 1 heterocycles. The number of hydrogen-bond donors (Lipinski definition) is 1. The predicted molar refractivity (Wildman–Crippen MR) is 73.3 cm³/mol. The van der Waals surface area contributed by atoms with Gasteiger partial charge in [-0.15, -0.1) is 0 Å². The van der Waals surface area contributed by atoms with E-state index in [1.807, 2.05) is 0 Å². The van der Waals surface area contributed by atoms with Crippen molar-refractivity contribution < 1.29 is 9.31 Å². The van der Waals surface area contributed by atoms with Crippen LogP contribution in [0.1, 0.15) is 0 Å². The van der Waals surface area contributed by atoms with Crippen molar-refractivity contribution in [2.75, 3.05) is 5.32 Å². The molecule has 2 rings (SSSR count). The minimum atomic E-state index is -0.609. The summed E-state index contributed by atoms with van der Waals surface area (Å²) in [7, 11) is 0. The molecular weight excluding hydrogens is 340 g/mol. The van der Waals surface area contributed by atoms with E-state index in [0.29, 0.717) is 9.50 Å². The lowest BCUT2D eigenvalue weighted by molar-refractivity contribution is -0.384. The van der Waals surface area contributed by atoms with Crippen LogP contribution in [0, 0.1) is 15.9 Å². The molecule has 0 atom stereocenters. The summed E-state index contributed by atoms with van der Waals surface area (Å²) in [5.74, 6) is -0.641. The summed E-state index contributed by atoms with van der Waals surface area (Å²) in [6.07, 6.45) is 1.37. The summed E-state index contributed by atoms with van der Waals surface area (Å²) >= 11 is 8.83. The molecule has 0 aliphatic heterocycles. The van der Waals surface area contributed by atoms with Crippen LogP contribution in [0.3, 0.4) is 0 Å². The van der Waals surface area contributed by atoms with Gasteiger partial charge in [-0.05, 0) is 34.1 Å². The van der Waals surface area contributed by atoms with Gasteiger partial charge in [-0.3, -0.25) is 10.1 Å². The highest BCUT2D eigenvalue weighted by molar-refractivity contribution is 9.10. The Balaban J connectivity index is 2.43. The fraction of sp³-hybridized carbons (Fsp3) is 0. The Kier molecular flexibility index (Phi) is 3.96. The van der Waals surface area contributed by atoms with E-state index in [1.54, 1.807) is 0 Å². The summed E-state index contributed by atoms with van der Waals surface area (Å²) in [5, 5.41) is 13.8. The number of benzene rings is 1. The zero-order valence-corrected chi connectivity index (χ0v) is 11.6. The van der Waals surface area contributed by atoms with E-state index in [4.69, 9.17) is 11.6 Å². The van der Waals surface area contributed by atoms with Gasteiger partial charge >= 0.3 is 5.69 Å². The first-order chi connectivity index (χ1) is 8.97. The van der Waals surface area contributed by atoms with Crippen LogP contribution in [0.2, 0.25) is 5.02 Å². The molecule has 1 aromatic carbocycles. The van der Waals surface area contributed by atoms with E-state index in [1.165, 1.54) is 24.4 Å². The second-order valence-electron chi connectivity index (χ2n) is 3.53. The lowest BCUT2D eigenvalue weighted by atomic mass is 10.3. The maximum absolute atomic E-state index is 13.5. The van der Waals surface area contributed by atoms with Crippen molar-refractivity contribution in [3.8, 4) is 0 Å². The number of halogens is 3. The van der Waals surface area contributed by atoms with Gasteiger partial charge in [0.2, 0.25) is 5.82 Å². The Morgan fingerprint density at radius 2 is 2.16 bits per heavy atom. The third-order valence-corrected chi connectivity index (χ3v) is 2.88. The molecule has 98 valence electrons. The van der Waals surface area contributed by atoms with E-state index in [9.17, 15) is 14.5 Å². The van der Waals surface area contributed by atoms with E-state index < -0.39 is 10.7 Å². The van der Waals surface area contributed by atoms with Gasteiger partial charge in [0, 0.05) is 21.8 Å². The molecule has 0 saturated carbocycles. The van der Waals surface area contributed by atoms with Gasteiger partial charge in [-0.25, -0.2) is 9.37 Å². The van der Waals surface area contributed by atoms with Crippen LogP contribution in [-0.2, 0) is 0 Å². The molecular formula is C11H6BrClFN3O2. The Morgan fingerprint density at radius 1 is 1.42 bits per heavy atom. The first-order valence-corrected chi connectivity index (χ1v) is 6.16. The topological polar surface area (TPSA) is 68.1 Å². The fourth-order valence-electron chi connectivity index (χ4n) is 1.38. The summed E-state index contributed by atoms with van der Waals surface area (Å²) in [6, 6.07) is 5.14. The Morgan fingerprint density at radius 3 is 2.84 bits per heavy atom. The fourth-order valence-corrected chi connectivity index (χ4v) is 1.88. The van der Waals surface area contributed by atoms with Crippen molar-refractivity contribution in [2.45, 2.75) is 0 Å². The van der Waals surface area contributed by atoms with E-state index in [-0.39, 0.29) is 17.2 Å². The maximum atomic E-state index is 13.5. The van der Waals surface area contributed by atoms with Crippen molar-refractivity contribution in [2.24, 2.45) is 0 Å². The summed E-state index contributed by atoms with van der Waals surface area (Å²) in [6.45, 7) is 0. The second kappa shape index (κ2) is 5.50. The Labute approximate surface area is 120 Å². The lowest BCUT2D eigenvalue weighted by Crippen LogP contribution is -2.01. The van der Waals surface area contributed by atoms with Crippen LogP contribution in [-0.4, -0.2) is 9.91 Å². The van der Waals surface area contributed by atoms with Gasteiger partial charge in [0.1, 0.15) is 5.82 Å². The highest BCUT2D eigenvalue weighted by Gasteiger charge is 2.17. The Hall–Kier alpha value is -1.73. The minimum Gasteiger partial charge on any atom is -0.332 e. The molecule has 5 nitrogen and oxygen atoms in total. The molecule has 0 aliphatic rings. The van der Waals surface area contributed by atoms with Crippen LogP contribution < -0.4 is 5.32 Å². The van der Waals surface area contributed by atoms with Gasteiger partial charge in [-0.2, -0.15) is 0 Å². The Bertz CT molecular complexity index is 654. The van der Waals surface area contributed by atoms with Crippen molar-refractivity contribution in [3.05, 3.63) is 55.9 Å². The number of anilines is 2. The third kappa shape index (κ3) is 3.18. The zero-order chi connectivity index (χ0) is 14.0. The molecule has 0 aliphatic carbocycles. The van der Waals surface area contributed by atoms with Crippen LogP contribution >= 0.6 is 27.5 Å². The van der Waals surface area contributed by atoms with Crippen LogP contribution in [0.25, 0.3) is 0 Å². The van der Waals surface area contributed by atoms with Crippen molar-refractivity contribution in [1.29, 1.82) is 0 Å². The smallest absolute Gasteiger partial charge is 0.312 e. The van der Waals surface area contributed by atoms with E-state index >= 15 is 0 Å². The molecule has 0 saturated heterocycles. The SMILES string of the molecule is O=[N+]([O-])c1cc(Br)cnc1Nc1cc(Cl)ccc1F. The number of nitrogens with one attached hydrogen (secondary N) is 1. The summed E-state index contributed by atoms with van der Waals surface area (Å²) in [4.78, 5) is 14.1. The van der Waals surface area contributed by atoms with Crippen molar-refractivity contribution in [3.63, 3.8) is 0 Å². The molecule has 0 radical (unpaired) electrons. The first kappa shape index (κ1) is 13.7. The van der Waals surface area contributed by atoms with E-state index in [0.717, 1.165) is 6.07 Å². The number of nitro groups is 1. The van der Waals surface area contributed by atoms with Crippen LogP contribution in [0.5, 0.6) is 0 Å². The molecule has 0 spiro atoms. The quantitative estimate of drug-likeness (QED) is 0.665. The van der Waals surface area contributed by atoms with Crippen LogP contribution in [0.15, 0.2) is 34.9 Å². The van der Waals surface area contributed by atoms with Crippen molar-refractivity contribution >= 4 is 44.7 Å². The standard InChI is InChI=1S/C11H6BrClFN3O2/c12-6-3-10(17(18)19)11(15-5-6)16-9-4-7(13)1-2-8(9)14/h1-5H,(H,15,16). The monoisotopic (exact) mass is 345 g/mol. The number of rotatable bonds is 3. The molecule has 0 amide bonds. The summed E-state index contributed by atoms with van der Waals surface area (Å²) < 4.78 is 14.0. The molecule has 0 fully saturated rings. The third-order valence-electron chi connectivity index (χ3n) is 2.21. The molecule has 0 unspecified atom stereocenters. The predicted octanol–water partition coefficient (Wildman–Crippen LogP) is 4.29. The molecule has 1 aromatic heterocycles. The normalized spacial score (nSPS) is 10.3. The largest absolute Gasteiger partial charge is 0.332 e. The van der Waals surface area contributed by atoms with Gasteiger partial charge < -0.3 is 5.32 Å². The minimum absolute atomic E-state index is 0.0189. The highest BCUT2D eigenvalue weighted by Crippen LogP contribution is 2.30.